The first-order chi connectivity index (χ1) is 15.3. The SMILES string of the molecule is COC[C@@H](C)n1c(CS(=O)(=O)[C@@H](C)[C@H](OC)c2ncc(Cl)cn2)nnc1-c1ccccc1. The number of ether oxygens (including phenoxy) is 2. The van der Waals surface area contributed by atoms with E-state index in [1.54, 1.807) is 14.0 Å². The zero-order chi connectivity index (χ0) is 23.3. The zero-order valence-corrected chi connectivity index (χ0v) is 19.9. The summed E-state index contributed by atoms with van der Waals surface area (Å²) in [6, 6.07) is 9.31. The summed E-state index contributed by atoms with van der Waals surface area (Å²) in [6.07, 6.45) is 1.95. The fraction of sp³-hybridized carbons (Fsp3) is 0.429. The lowest BCUT2D eigenvalue weighted by atomic mass is 10.2. The van der Waals surface area contributed by atoms with Gasteiger partial charge in [0, 0.05) is 32.2 Å². The van der Waals surface area contributed by atoms with Crippen LogP contribution >= 0.6 is 11.6 Å². The van der Waals surface area contributed by atoms with E-state index < -0.39 is 21.2 Å². The molecule has 0 N–H and O–H groups in total. The third kappa shape index (κ3) is 5.32. The summed E-state index contributed by atoms with van der Waals surface area (Å²) < 4.78 is 39.2. The molecule has 0 saturated carbocycles. The van der Waals surface area contributed by atoms with E-state index in [-0.39, 0.29) is 17.6 Å². The van der Waals surface area contributed by atoms with Gasteiger partial charge in [-0.25, -0.2) is 18.4 Å². The highest BCUT2D eigenvalue weighted by atomic mass is 35.5. The van der Waals surface area contributed by atoms with E-state index >= 15 is 0 Å². The summed E-state index contributed by atoms with van der Waals surface area (Å²) in [6.45, 7) is 3.87. The van der Waals surface area contributed by atoms with Crippen molar-refractivity contribution >= 4 is 21.4 Å². The van der Waals surface area contributed by atoms with Crippen molar-refractivity contribution in [1.82, 2.24) is 24.7 Å². The Labute approximate surface area is 192 Å². The molecule has 3 rings (SSSR count). The maximum Gasteiger partial charge on any atom is 0.164 e. The highest BCUT2D eigenvalue weighted by molar-refractivity contribution is 7.91. The topological polar surface area (TPSA) is 109 Å². The van der Waals surface area contributed by atoms with Crippen LogP contribution < -0.4 is 0 Å². The van der Waals surface area contributed by atoms with Crippen molar-refractivity contribution in [1.29, 1.82) is 0 Å². The molecule has 11 heteroatoms. The van der Waals surface area contributed by atoms with Crippen LogP contribution in [-0.4, -0.2) is 59.2 Å². The normalized spacial score (nSPS) is 14.8. The molecule has 32 heavy (non-hydrogen) atoms. The smallest absolute Gasteiger partial charge is 0.164 e. The lowest BCUT2D eigenvalue weighted by molar-refractivity contribution is 0.0948. The molecule has 0 fully saturated rings. The third-order valence-electron chi connectivity index (χ3n) is 5.12. The van der Waals surface area contributed by atoms with Crippen molar-refractivity contribution < 1.29 is 17.9 Å². The molecule has 0 radical (unpaired) electrons. The molecule has 172 valence electrons. The summed E-state index contributed by atoms with van der Waals surface area (Å²) in [7, 11) is -0.709. The highest BCUT2D eigenvalue weighted by Crippen LogP contribution is 2.28. The van der Waals surface area contributed by atoms with Crippen LogP contribution in [0.15, 0.2) is 42.7 Å². The average molecular weight is 480 g/mol. The van der Waals surface area contributed by atoms with Gasteiger partial charge in [0.15, 0.2) is 21.5 Å². The highest BCUT2D eigenvalue weighted by Gasteiger charge is 2.35. The van der Waals surface area contributed by atoms with Crippen molar-refractivity contribution in [2.45, 2.75) is 37.0 Å². The molecule has 0 aliphatic heterocycles. The van der Waals surface area contributed by atoms with Crippen LogP contribution in [0.2, 0.25) is 5.02 Å². The molecule has 3 aromatic rings. The van der Waals surface area contributed by atoms with Crippen LogP contribution in [0.25, 0.3) is 11.4 Å². The number of aromatic nitrogens is 5. The Balaban J connectivity index is 1.95. The van der Waals surface area contributed by atoms with Crippen LogP contribution in [0.5, 0.6) is 0 Å². The Morgan fingerprint density at radius 1 is 1.06 bits per heavy atom. The molecule has 0 spiro atoms. The van der Waals surface area contributed by atoms with E-state index in [9.17, 15) is 8.42 Å². The monoisotopic (exact) mass is 479 g/mol. The average Bonchev–Trinajstić information content (AvgIpc) is 3.19. The molecule has 3 atom stereocenters. The van der Waals surface area contributed by atoms with Gasteiger partial charge in [0.05, 0.1) is 22.9 Å². The van der Waals surface area contributed by atoms with Crippen LogP contribution in [-0.2, 0) is 25.1 Å². The number of hydrogen-bond acceptors (Lipinski definition) is 8. The second kappa shape index (κ2) is 10.5. The summed E-state index contributed by atoms with van der Waals surface area (Å²) in [5, 5.41) is 7.93. The summed E-state index contributed by atoms with van der Waals surface area (Å²) in [5.41, 5.74) is 0.837. The quantitative estimate of drug-likeness (QED) is 0.435. The molecule has 0 bridgehead atoms. The standard InChI is InChI=1S/C21H26ClN5O4S/c1-14(12-30-3)27-18(25-26-21(27)16-8-6-5-7-9-16)13-32(28,29)15(2)19(31-4)20-23-10-17(22)11-24-20/h5-11,14-15,19H,12-13H2,1-4H3/t14-,15+,19+/m1/s1. The molecule has 1 aromatic carbocycles. The van der Waals surface area contributed by atoms with Gasteiger partial charge in [0.25, 0.3) is 0 Å². The van der Waals surface area contributed by atoms with Gasteiger partial charge >= 0.3 is 0 Å². The van der Waals surface area contributed by atoms with E-state index in [4.69, 9.17) is 21.1 Å². The van der Waals surface area contributed by atoms with Gasteiger partial charge < -0.3 is 14.0 Å². The van der Waals surface area contributed by atoms with Crippen molar-refractivity contribution in [3.63, 3.8) is 0 Å². The predicted molar refractivity (Wildman–Crippen MR) is 121 cm³/mol. The second-order valence-electron chi connectivity index (χ2n) is 7.41. The molecule has 2 heterocycles. The number of hydrogen-bond donors (Lipinski definition) is 0. The Kier molecular flexibility index (Phi) is 7.94. The van der Waals surface area contributed by atoms with Gasteiger partial charge in [-0.15, -0.1) is 10.2 Å². The number of methoxy groups -OCH3 is 2. The van der Waals surface area contributed by atoms with Crippen LogP contribution in [0.3, 0.4) is 0 Å². The first kappa shape index (κ1) is 24.2. The third-order valence-corrected chi connectivity index (χ3v) is 7.35. The Morgan fingerprint density at radius 3 is 2.31 bits per heavy atom. The van der Waals surface area contributed by atoms with Crippen LogP contribution in [0, 0.1) is 0 Å². The molecule has 0 amide bonds. The molecule has 9 nitrogen and oxygen atoms in total. The summed E-state index contributed by atoms with van der Waals surface area (Å²) in [4.78, 5) is 8.25. The minimum atomic E-state index is -3.72. The van der Waals surface area contributed by atoms with Crippen molar-refractivity contribution in [2.75, 3.05) is 20.8 Å². The van der Waals surface area contributed by atoms with Gasteiger partial charge in [-0.05, 0) is 13.8 Å². The van der Waals surface area contributed by atoms with Crippen molar-refractivity contribution in [2.24, 2.45) is 0 Å². The van der Waals surface area contributed by atoms with E-state index in [2.05, 4.69) is 20.2 Å². The maximum absolute atomic E-state index is 13.3. The van der Waals surface area contributed by atoms with E-state index in [0.29, 0.717) is 23.3 Å². The second-order valence-corrected chi connectivity index (χ2v) is 10.2. The molecule has 2 aromatic heterocycles. The number of rotatable bonds is 10. The number of halogens is 1. The molecular formula is C21H26ClN5O4S. The van der Waals surface area contributed by atoms with E-state index in [1.807, 2.05) is 41.8 Å². The minimum absolute atomic E-state index is 0.177. The largest absolute Gasteiger partial charge is 0.383 e. The fourth-order valence-corrected chi connectivity index (χ4v) is 4.99. The Bertz CT molecular complexity index is 1120. The zero-order valence-electron chi connectivity index (χ0n) is 18.3. The molecule has 0 saturated heterocycles. The van der Waals surface area contributed by atoms with Crippen molar-refractivity contribution in [3.05, 3.63) is 59.4 Å². The first-order valence-electron chi connectivity index (χ1n) is 9.98. The van der Waals surface area contributed by atoms with Gasteiger partial charge in [0.2, 0.25) is 0 Å². The molecule has 0 aliphatic carbocycles. The summed E-state index contributed by atoms with van der Waals surface area (Å²) in [5.74, 6) is 0.826. The lowest BCUT2D eigenvalue weighted by Gasteiger charge is -2.22. The number of nitrogens with zero attached hydrogens (tertiary/aromatic N) is 5. The van der Waals surface area contributed by atoms with Gasteiger partial charge in [-0.2, -0.15) is 0 Å². The summed E-state index contributed by atoms with van der Waals surface area (Å²) >= 11 is 5.85. The first-order valence-corrected chi connectivity index (χ1v) is 12.1. The Morgan fingerprint density at radius 2 is 1.72 bits per heavy atom. The fourth-order valence-electron chi connectivity index (χ4n) is 3.46. The van der Waals surface area contributed by atoms with Crippen LogP contribution in [0.1, 0.15) is 37.6 Å². The minimum Gasteiger partial charge on any atom is -0.383 e. The van der Waals surface area contributed by atoms with Crippen molar-refractivity contribution in [3.8, 4) is 11.4 Å². The van der Waals surface area contributed by atoms with Gasteiger partial charge in [0.1, 0.15) is 17.7 Å². The number of sulfone groups is 1. The van der Waals surface area contributed by atoms with Crippen LogP contribution in [0.4, 0.5) is 0 Å². The molecule has 0 aliphatic rings. The molecular weight excluding hydrogens is 454 g/mol. The molecule has 0 unspecified atom stereocenters. The Hall–Kier alpha value is -2.40. The van der Waals surface area contributed by atoms with Gasteiger partial charge in [-0.3, -0.25) is 0 Å². The van der Waals surface area contributed by atoms with E-state index in [1.165, 1.54) is 19.5 Å². The van der Waals surface area contributed by atoms with Gasteiger partial charge in [-0.1, -0.05) is 41.9 Å². The van der Waals surface area contributed by atoms with E-state index in [0.717, 1.165) is 5.56 Å². The predicted octanol–water partition coefficient (Wildman–Crippen LogP) is 3.29. The number of benzene rings is 1. The lowest BCUT2D eigenvalue weighted by Crippen LogP contribution is -2.30. The maximum atomic E-state index is 13.3.